The van der Waals surface area contributed by atoms with Gasteiger partial charge in [0.15, 0.2) is 0 Å². The van der Waals surface area contributed by atoms with Crippen molar-refractivity contribution in [2.75, 3.05) is 32.7 Å². The van der Waals surface area contributed by atoms with Gasteiger partial charge in [-0.1, -0.05) is 41.5 Å². The number of alkyl carbamates (subject to hydrolysis) is 1. The first-order valence-corrected chi connectivity index (χ1v) is 27.3. The average Bonchev–Trinajstić information content (AvgIpc) is 3.97. The highest BCUT2D eigenvalue weighted by Gasteiger charge is 2.38. The summed E-state index contributed by atoms with van der Waals surface area (Å²) in [6.45, 7) is 23.3. The summed E-state index contributed by atoms with van der Waals surface area (Å²) in [7, 11) is 0. The lowest BCUT2D eigenvalue weighted by atomic mass is 9.86. The molecule has 2 aromatic heterocycles. The fourth-order valence-electron chi connectivity index (χ4n) is 11.1. The van der Waals surface area contributed by atoms with Crippen molar-refractivity contribution in [3.05, 3.63) is 59.2 Å². The number of likely N-dealkylation sites (tertiary alicyclic amines) is 2. The zero-order valence-corrected chi connectivity index (χ0v) is 45.0. The summed E-state index contributed by atoms with van der Waals surface area (Å²) in [6, 6.07) is 12.0. The number of ether oxygens (including phenoxy) is 1. The number of amides is 3. The first-order valence-electron chi connectivity index (χ1n) is 27.3. The fourth-order valence-corrected chi connectivity index (χ4v) is 11.1. The van der Waals surface area contributed by atoms with Crippen molar-refractivity contribution in [2.24, 2.45) is 17.8 Å². The van der Waals surface area contributed by atoms with E-state index in [1.165, 1.54) is 12.8 Å². The van der Waals surface area contributed by atoms with E-state index >= 15 is 0 Å². The Bertz CT molecular complexity index is 2570. The minimum atomic E-state index is -2.55. The van der Waals surface area contributed by atoms with Crippen LogP contribution in [0.15, 0.2) is 36.4 Å². The number of aromatic nitrogens is 4. The molecular formula is C57H82F4N8O4. The van der Waals surface area contributed by atoms with Crippen LogP contribution in [-0.4, -0.2) is 109 Å². The summed E-state index contributed by atoms with van der Waals surface area (Å²) in [5.41, 5.74) is 3.80. The van der Waals surface area contributed by atoms with Gasteiger partial charge in [0, 0.05) is 99.0 Å². The second-order valence-corrected chi connectivity index (χ2v) is 25.2. The van der Waals surface area contributed by atoms with Gasteiger partial charge in [0.25, 0.3) is 11.8 Å². The minimum absolute atomic E-state index is 0.0267. The molecule has 16 heteroatoms. The van der Waals surface area contributed by atoms with Crippen LogP contribution in [0, 0.1) is 17.8 Å². The van der Waals surface area contributed by atoms with Gasteiger partial charge in [0.05, 0.1) is 22.1 Å². The second kappa shape index (κ2) is 21.5. The highest BCUT2D eigenvalue weighted by Crippen LogP contribution is 2.40. The summed E-state index contributed by atoms with van der Waals surface area (Å²) in [5.74, 6) is -1.89. The molecule has 0 unspecified atom stereocenters. The highest BCUT2D eigenvalue weighted by molar-refractivity contribution is 5.98. The molecule has 2 saturated heterocycles. The molecule has 5 fully saturated rings. The average molecular weight is 1020 g/mol. The quantitative estimate of drug-likeness (QED) is 0.152. The number of piperidine rings is 2. The number of rotatable bonds is 10. The van der Waals surface area contributed by atoms with Crippen molar-refractivity contribution >= 4 is 40.0 Å². The molecule has 12 nitrogen and oxygen atoms in total. The highest BCUT2D eigenvalue weighted by atomic mass is 19.3. The zero-order chi connectivity index (χ0) is 52.7. The van der Waals surface area contributed by atoms with Crippen LogP contribution in [-0.2, 0) is 28.7 Å². The van der Waals surface area contributed by atoms with Gasteiger partial charge in [0.1, 0.15) is 17.2 Å². The number of nitrogens with one attached hydrogen (secondary N) is 2. The molecule has 9 rings (SSSR count). The van der Waals surface area contributed by atoms with Gasteiger partial charge in [-0.15, -0.1) is 0 Å². The van der Waals surface area contributed by atoms with E-state index in [1.807, 2.05) is 67.0 Å². The van der Waals surface area contributed by atoms with Gasteiger partial charge in [0.2, 0.25) is 11.8 Å². The van der Waals surface area contributed by atoms with E-state index in [9.17, 15) is 31.9 Å². The third-order valence-electron chi connectivity index (χ3n) is 15.6. The predicted octanol–water partition coefficient (Wildman–Crippen LogP) is 12.1. The van der Waals surface area contributed by atoms with E-state index in [2.05, 4.69) is 61.3 Å². The second-order valence-electron chi connectivity index (χ2n) is 25.2. The molecule has 73 heavy (non-hydrogen) atoms. The van der Waals surface area contributed by atoms with Crippen molar-refractivity contribution in [3.63, 3.8) is 0 Å². The molecule has 4 aromatic rings. The predicted molar refractivity (Wildman–Crippen MR) is 279 cm³/mol. The van der Waals surface area contributed by atoms with Crippen molar-refractivity contribution in [2.45, 2.75) is 206 Å². The summed E-state index contributed by atoms with van der Waals surface area (Å²) in [6.07, 6.45) is 7.54. The van der Waals surface area contributed by atoms with Crippen LogP contribution in [0.1, 0.15) is 185 Å². The lowest BCUT2D eigenvalue weighted by Gasteiger charge is -2.33. The summed E-state index contributed by atoms with van der Waals surface area (Å²) >= 11 is 0. The Morgan fingerprint density at radius 3 is 1.34 bits per heavy atom. The van der Waals surface area contributed by atoms with Crippen LogP contribution in [0.2, 0.25) is 0 Å². The molecule has 3 amide bonds. The van der Waals surface area contributed by atoms with Crippen LogP contribution >= 0.6 is 0 Å². The summed E-state index contributed by atoms with van der Waals surface area (Å²) in [4.78, 5) is 52.4. The van der Waals surface area contributed by atoms with E-state index in [4.69, 9.17) is 14.7 Å². The first-order chi connectivity index (χ1) is 34.2. The van der Waals surface area contributed by atoms with Crippen molar-refractivity contribution in [1.29, 1.82) is 0 Å². The van der Waals surface area contributed by atoms with Crippen LogP contribution < -0.4 is 10.6 Å². The number of fused-ring (bicyclic) bond motifs is 2. The Balaban J connectivity index is 0.000000195. The molecule has 2 N–H and O–H groups in total. The summed E-state index contributed by atoms with van der Waals surface area (Å²) in [5, 5.41) is 6.58. The molecule has 4 heterocycles. The monoisotopic (exact) mass is 1020 g/mol. The third-order valence-corrected chi connectivity index (χ3v) is 15.6. The van der Waals surface area contributed by atoms with Crippen molar-refractivity contribution in [1.82, 2.24) is 39.5 Å². The number of nitrogens with zero attached hydrogens (tertiary/aromatic N) is 6. The molecule has 2 aromatic carbocycles. The van der Waals surface area contributed by atoms with Gasteiger partial charge in [-0.05, 0) is 146 Å². The molecule has 402 valence electrons. The molecule has 3 saturated carbocycles. The van der Waals surface area contributed by atoms with Crippen LogP contribution in [0.25, 0.3) is 22.1 Å². The van der Waals surface area contributed by atoms with Crippen molar-refractivity contribution in [3.8, 4) is 0 Å². The number of alkyl halides is 4. The van der Waals surface area contributed by atoms with E-state index in [0.29, 0.717) is 81.9 Å². The Hall–Kier alpha value is -4.73. The summed E-state index contributed by atoms with van der Waals surface area (Å²) < 4.78 is 64.5. The smallest absolute Gasteiger partial charge is 0.407 e. The van der Waals surface area contributed by atoms with Crippen LogP contribution in [0.5, 0.6) is 0 Å². The van der Waals surface area contributed by atoms with Crippen LogP contribution in [0.4, 0.5) is 22.4 Å². The largest absolute Gasteiger partial charge is 0.444 e. The lowest BCUT2D eigenvalue weighted by Crippen LogP contribution is -2.47. The fraction of sp³-hybridized carbons (Fsp3) is 0.702. The molecule has 0 radical (unpaired) electrons. The number of hydrogen-bond acceptors (Lipinski definition) is 7. The normalized spacial score (nSPS) is 20.8. The molecular weight excluding hydrogens is 937 g/mol. The Kier molecular flexibility index (Phi) is 16.0. The Morgan fingerprint density at radius 2 is 0.973 bits per heavy atom. The van der Waals surface area contributed by atoms with E-state index in [1.54, 1.807) is 0 Å². The first kappa shape index (κ1) is 54.5. The van der Waals surface area contributed by atoms with E-state index < -0.39 is 23.5 Å². The van der Waals surface area contributed by atoms with Gasteiger partial charge in [-0.2, -0.15) is 0 Å². The maximum atomic E-state index is 13.7. The van der Waals surface area contributed by atoms with Gasteiger partial charge in [-0.25, -0.2) is 32.3 Å². The minimum Gasteiger partial charge on any atom is -0.444 e. The Labute approximate surface area is 430 Å². The number of carbonyl (C=O) groups is 3. The molecule has 0 bridgehead atoms. The topological polar surface area (TPSA) is 127 Å². The van der Waals surface area contributed by atoms with Gasteiger partial charge >= 0.3 is 6.09 Å². The van der Waals surface area contributed by atoms with Gasteiger partial charge in [-0.3, -0.25) is 9.59 Å². The van der Waals surface area contributed by atoms with Crippen LogP contribution in [0.3, 0.4) is 0 Å². The zero-order valence-electron chi connectivity index (χ0n) is 45.0. The van der Waals surface area contributed by atoms with Crippen molar-refractivity contribution < 1.29 is 36.7 Å². The number of hydrogen-bond donors (Lipinski definition) is 2. The number of benzene rings is 2. The molecule has 5 aliphatic rings. The lowest BCUT2D eigenvalue weighted by molar-refractivity contribution is -0.0478. The van der Waals surface area contributed by atoms with E-state index in [0.717, 1.165) is 72.1 Å². The number of halogens is 4. The molecule has 0 spiro atoms. The number of imidazole rings is 2. The number of carbonyl (C=O) groups excluding carboxylic acids is 3. The molecule has 0 atom stereocenters. The molecule has 3 aliphatic carbocycles. The van der Waals surface area contributed by atoms with E-state index in [-0.39, 0.29) is 66.2 Å². The molecule has 2 aliphatic heterocycles. The standard InChI is InChI=1S/C29H42F2N4O3.C28H40F2N4O/c1-27(2,3)25-33-22-17-20(7-8-23(22)35(25)18-19-9-13-29(30,31)14-10-19)24(36)34-15-11-21(12-16-34)32-26(37)38-28(4,5)6;1-27(2,3)26-32-23-16-21(25(35)33-14-10-22(11-15-33)31-17-19-4-5-19)6-7-24(23)34(26)18-20-8-12-28(29,30)13-9-20/h7-8,17,19,21H,9-16,18H2,1-6H3,(H,32,37);6-7,16,19-20,22,31H,4-5,8-15,17-18H2,1-3H3. The van der Waals surface area contributed by atoms with Gasteiger partial charge < -0.3 is 34.3 Å². The SMILES string of the molecule is CC(C)(C)OC(=O)NC1CCN(C(=O)c2ccc3c(c2)nc(C(C)(C)C)n3CC2CCC(F)(F)CC2)CC1.CC(C)(C)c1nc2cc(C(=O)N3CCC(NCC4CC4)CC3)ccc2n1CC1CCC(F)(F)CC1. The third kappa shape index (κ3) is 14.2. The maximum absolute atomic E-state index is 13.7. The Morgan fingerprint density at radius 1 is 0.575 bits per heavy atom. The maximum Gasteiger partial charge on any atom is 0.407 e.